The first-order valence-electron chi connectivity index (χ1n) is 15.0. The molecule has 2 bridgehead atoms. The van der Waals surface area contributed by atoms with Crippen LogP contribution in [-0.4, -0.2) is 55.0 Å². The van der Waals surface area contributed by atoms with Crippen molar-refractivity contribution in [2.75, 3.05) is 25.5 Å². The van der Waals surface area contributed by atoms with Crippen molar-refractivity contribution in [3.63, 3.8) is 0 Å². The summed E-state index contributed by atoms with van der Waals surface area (Å²) in [5.74, 6) is -0.862. The quantitative estimate of drug-likeness (QED) is 0.132. The van der Waals surface area contributed by atoms with E-state index in [1.807, 2.05) is 0 Å². The molecule has 0 aromatic heterocycles. The number of nitrogens with zero attached hydrogens (tertiary/aromatic N) is 1. The third-order valence-electron chi connectivity index (χ3n) is 9.84. The summed E-state index contributed by atoms with van der Waals surface area (Å²) in [6.07, 6.45) is 0.336. The predicted octanol–water partition coefficient (Wildman–Crippen LogP) is 6.36. The van der Waals surface area contributed by atoms with E-state index in [2.05, 4.69) is 30.9 Å². The second-order valence-electron chi connectivity index (χ2n) is 13.1. The maximum absolute atomic E-state index is 13.4. The van der Waals surface area contributed by atoms with Crippen molar-refractivity contribution in [3.05, 3.63) is 58.8 Å². The van der Waals surface area contributed by atoms with Crippen molar-refractivity contribution < 1.29 is 41.5 Å². The molecule has 43 heavy (non-hydrogen) atoms. The standard InChI is InChI=1S/C33H37F3N2O5/c1-19(2)18-38(4)14-13-32-23-11-8-12-28(32)42-30-24(17-26(41-20(3)39)22(29(30)32)16-25(23)38)37-31(40)27(43-33(34,35)36)15-21-9-6-5-7-10-21/h5-7,9-10,15,17,19,23,25,28H,8,11-14,16,18H2,1-4H3/p+1/t23-,25+,28-,32+,38?/m0/s1. The Hall–Kier alpha value is -3.53. The molecule has 1 saturated heterocycles. The summed E-state index contributed by atoms with van der Waals surface area (Å²) < 4.78 is 57.7. The van der Waals surface area contributed by atoms with E-state index in [9.17, 15) is 22.8 Å². The zero-order valence-electron chi connectivity index (χ0n) is 24.9. The highest BCUT2D eigenvalue weighted by molar-refractivity contribution is 6.06. The van der Waals surface area contributed by atoms with Gasteiger partial charge in [0, 0.05) is 48.8 Å². The van der Waals surface area contributed by atoms with E-state index in [4.69, 9.17) is 9.47 Å². The molecule has 4 aliphatic rings. The third kappa shape index (κ3) is 5.17. The van der Waals surface area contributed by atoms with E-state index in [0.717, 1.165) is 60.5 Å². The van der Waals surface area contributed by atoms with Crippen LogP contribution in [0.3, 0.4) is 0 Å². The fraction of sp³-hybridized carbons (Fsp3) is 0.515. The van der Waals surface area contributed by atoms with Gasteiger partial charge in [-0.1, -0.05) is 44.2 Å². The Balaban J connectivity index is 1.46. The molecule has 1 saturated carbocycles. The van der Waals surface area contributed by atoms with Gasteiger partial charge in [-0.3, -0.25) is 9.59 Å². The molecule has 0 radical (unpaired) electrons. The number of anilines is 1. The lowest BCUT2D eigenvalue weighted by Gasteiger charge is -2.61. The van der Waals surface area contributed by atoms with E-state index in [-0.39, 0.29) is 17.2 Å². The number of amides is 1. The van der Waals surface area contributed by atoms with Crippen molar-refractivity contribution in [3.8, 4) is 11.5 Å². The molecule has 2 aliphatic heterocycles. The van der Waals surface area contributed by atoms with Gasteiger partial charge in [0.05, 0.1) is 37.3 Å². The first kappa shape index (κ1) is 29.5. The Morgan fingerprint density at radius 2 is 1.95 bits per heavy atom. The van der Waals surface area contributed by atoms with Crippen molar-refractivity contribution in [2.45, 2.75) is 76.8 Å². The predicted molar refractivity (Wildman–Crippen MR) is 154 cm³/mol. The number of alkyl halides is 3. The van der Waals surface area contributed by atoms with Gasteiger partial charge in [0.2, 0.25) is 0 Å². The second kappa shape index (κ2) is 10.6. The highest BCUT2D eigenvalue weighted by atomic mass is 19.4. The number of nitrogens with one attached hydrogen (secondary N) is 1. The van der Waals surface area contributed by atoms with Crippen LogP contribution >= 0.6 is 0 Å². The molecule has 5 atom stereocenters. The van der Waals surface area contributed by atoms with Gasteiger partial charge >= 0.3 is 12.3 Å². The van der Waals surface area contributed by atoms with E-state index in [0.29, 0.717) is 41.4 Å². The summed E-state index contributed by atoms with van der Waals surface area (Å²) in [5, 5.41) is 2.64. The number of carbonyl (C=O) groups is 2. The lowest BCUT2D eigenvalue weighted by Crippen LogP contribution is -2.71. The molecule has 2 aliphatic carbocycles. The molecule has 1 spiro atoms. The van der Waals surface area contributed by atoms with Crippen LogP contribution in [-0.2, 0) is 26.2 Å². The molecule has 7 nitrogen and oxygen atoms in total. The Morgan fingerprint density at radius 1 is 1.21 bits per heavy atom. The number of ether oxygens (including phenoxy) is 3. The minimum atomic E-state index is -5.08. The summed E-state index contributed by atoms with van der Waals surface area (Å²) in [6, 6.07) is 10.0. The number of likely N-dealkylation sites (N-methyl/N-ethyl adjacent to an activating group) is 1. The average Bonchev–Trinajstić information content (AvgIpc) is 3.25. The highest BCUT2D eigenvalue weighted by Gasteiger charge is 2.67. The topological polar surface area (TPSA) is 73.9 Å². The molecule has 2 fully saturated rings. The number of halogens is 3. The normalized spacial score (nSPS) is 29.0. The number of likely N-dealkylation sites (tertiary alicyclic amines) is 1. The summed E-state index contributed by atoms with van der Waals surface area (Å²) in [7, 11) is 2.34. The SMILES string of the molecule is CC(=O)Oc1cc(NC(=O)C(=Cc2ccccc2)OC(F)(F)F)c2c3c1C[C@@H]1[C@@H]4CCC[C@H](O2)[C@]34CC[N+]1(C)CC(C)C. The fourth-order valence-electron chi connectivity index (χ4n) is 8.60. The van der Waals surface area contributed by atoms with Crippen LogP contribution in [0, 0.1) is 11.8 Å². The number of carbonyl (C=O) groups excluding carboxylic acids is 2. The summed E-state index contributed by atoms with van der Waals surface area (Å²) >= 11 is 0. The van der Waals surface area contributed by atoms with Crippen molar-refractivity contribution in [1.82, 2.24) is 0 Å². The van der Waals surface area contributed by atoms with Gasteiger partial charge in [-0.05, 0) is 30.9 Å². The Bertz CT molecular complexity index is 1470. The molecule has 1 amide bonds. The van der Waals surface area contributed by atoms with Gasteiger partial charge in [0.15, 0.2) is 5.76 Å². The highest BCUT2D eigenvalue weighted by Crippen LogP contribution is 2.66. The summed E-state index contributed by atoms with van der Waals surface area (Å²) in [5.41, 5.74) is 2.10. The van der Waals surface area contributed by atoms with Crippen LogP contribution in [0.25, 0.3) is 6.08 Å². The molecule has 2 heterocycles. The van der Waals surface area contributed by atoms with Gasteiger partial charge in [-0.25, -0.2) is 0 Å². The Labute approximate surface area is 249 Å². The van der Waals surface area contributed by atoms with E-state index >= 15 is 0 Å². The smallest absolute Gasteiger partial charge is 0.487 e. The monoisotopic (exact) mass is 599 g/mol. The number of piperidine rings is 1. The number of rotatable bonds is 7. The Morgan fingerprint density at radius 3 is 2.63 bits per heavy atom. The summed E-state index contributed by atoms with van der Waals surface area (Å²) in [6.45, 7) is 7.82. The molecule has 2 aromatic carbocycles. The van der Waals surface area contributed by atoms with Crippen molar-refractivity contribution >= 4 is 23.6 Å². The second-order valence-corrected chi connectivity index (χ2v) is 13.1. The molecule has 1 unspecified atom stereocenters. The van der Waals surface area contributed by atoms with Crippen LogP contribution in [0.1, 0.15) is 63.1 Å². The van der Waals surface area contributed by atoms with Crippen LogP contribution in [0.15, 0.2) is 42.2 Å². The van der Waals surface area contributed by atoms with Crippen molar-refractivity contribution in [1.29, 1.82) is 0 Å². The van der Waals surface area contributed by atoms with Crippen LogP contribution in [0.5, 0.6) is 11.5 Å². The number of hydrogen-bond donors (Lipinski definition) is 1. The number of quaternary nitrogens is 1. The summed E-state index contributed by atoms with van der Waals surface area (Å²) in [4.78, 5) is 25.7. The zero-order chi connectivity index (χ0) is 30.7. The van der Waals surface area contributed by atoms with Crippen molar-refractivity contribution in [2.24, 2.45) is 11.8 Å². The lowest BCUT2D eigenvalue weighted by molar-refractivity contribution is -0.947. The number of benzene rings is 2. The van der Waals surface area contributed by atoms with E-state index < -0.39 is 24.0 Å². The van der Waals surface area contributed by atoms with E-state index in [1.165, 1.54) is 13.0 Å². The van der Waals surface area contributed by atoms with Crippen LogP contribution in [0.4, 0.5) is 18.9 Å². The van der Waals surface area contributed by atoms with Gasteiger partial charge in [-0.15, -0.1) is 13.2 Å². The Kier molecular flexibility index (Phi) is 7.26. The number of esters is 1. The first-order chi connectivity index (χ1) is 20.3. The molecule has 2 aromatic rings. The maximum Gasteiger partial charge on any atom is 0.573 e. The van der Waals surface area contributed by atoms with Gasteiger partial charge < -0.3 is 24.0 Å². The van der Waals surface area contributed by atoms with Gasteiger partial charge in [0.1, 0.15) is 17.6 Å². The minimum absolute atomic E-state index is 0.121. The molecule has 1 N–H and O–H groups in total. The molecule has 6 rings (SSSR count). The molecule has 230 valence electrons. The molecular formula is C33H38F3N2O5+. The maximum atomic E-state index is 13.4. The fourth-order valence-corrected chi connectivity index (χ4v) is 8.60. The number of hydrogen-bond acceptors (Lipinski definition) is 5. The van der Waals surface area contributed by atoms with Gasteiger partial charge in [0.25, 0.3) is 5.91 Å². The van der Waals surface area contributed by atoms with E-state index in [1.54, 1.807) is 30.3 Å². The first-order valence-corrected chi connectivity index (χ1v) is 15.0. The largest absolute Gasteiger partial charge is 0.573 e. The zero-order valence-corrected chi connectivity index (χ0v) is 24.9. The van der Waals surface area contributed by atoms with Crippen LogP contribution < -0.4 is 14.8 Å². The van der Waals surface area contributed by atoms with Gasteiger partial charge in [-0.2, -0.15) is 0 Å². The lowest BCUT2D eigenvalue weighted by atomic mass is 9.51. The minimum Gasteiger partial charge on any atom is -0.487 e. The molecule has 10 heteroatoms. The average molecular weight is 600 g/mol. The van der Waals surface area contributed by atoms with Crippen LogP contribution in [0.2, 0.25) is 0 Å². The third-order valence-corrected chi connectivity index (χ3v) is 9.84. The molecular weight excluding hydrogens is 561 g/mol.